The molecule has 6 heteroatoms. The third-order valence-corrected chi connectivity index (χ3v) is 5.90. The maximum absolute atomic E-state index is 12.7. The molecule has 1 aliphatic carbocycles. The first-order valence-corrected chi connectivity index (χ1v) is 9.88. The van der Waals surface area contributed by atoms with Crippen LogP contribution in [0.25, 0.3) is 0 Å². The van der Waals surface area contributed by atoms with Crippen LogP contribution >= 0.6 is 11.3 Å². The minimum Gasteiger partial charge on any atom is -0.454 e. The molecule has 0 aliphatic heterocycles. The van der Waals surface area contributed by atoms with E-state index >= 15 is 0 Å². The highest BCUT2D eigenvalue weighted by molar-refractivity contribution is 7.17. The number of aryl methyl sites for hydroxylation is 3. The number of hydrogen-bond donors (Lipinski definition) is 1. The number of anilines is 1. The first-order valence-electron chi connectivity index (χ1n) is 9.06. The number of benzene rings is 1. The number of ether oxygens (including phenoxy) is 1. The summed E-state index contributed by atoms with van der Waals surface area (Å²) in [4.78, 5) is 37.9. The van der Waals surface area contributed by atoms with Crippen molar-refractivity contribution >= 4 is 34.0 Å². The van der Waals surface area contributed by atoms with Crippen molar-refractivity contribution in [3.05, 3.63) is 50.9 Å². The average molecular weight is 385 g/mol. The van der Waals surface area contributed by atoms with Gasteiger partial charge in [0.15, 0.2) is 6.61 Å². The van der Waals surface area contributed by atoms with Crippen molar-refractivity contribution in [3.63, 3.8) is 0 Å². The van der Waals surface area contributed by atoms with E-state index < -0.39 is 5.97 Å². The molecule has 2 aromatic rings. The third kappa shape index (κ3) is 4.27. The summed E-state index contributed by atoms with van der Waals surface area (Å²) in [7, 11) is 0. The van der Waals surface area contributed by atoms with Crippen LogP contribution in [-0.4, -0.2) is 24.3 Å². The summed E-state index contributed by atoms with van der Waals surface area (Å²) in [5.74, 6) is -0.999. The molecule has 5 nitrogen and oxygen atoms in total. The van der Waals surface area contributed by atoms with E-state index in [1.165, 1.54) is 18.3 Å². The number of fused-ring (bicyclic) bond motifs is 1. The van der Waals surface area contributed by atoms with Crippen LogP contribution in [0.2, 0.25) is 0 Å². The van der Waals surface area contributed by atoms with Crippen molar-refractivity contribution in [2.75, 3.05) is 11.9 Å². The number of rotatable bonds is 5. The number of Topliss-reactive ketones (excluding diaryl/α,β-unsaturated/α-hetero) is 1. The van der Waals surface area contributed by atoms with Crippen LogP contribution < -0.4 is 5.32 Å². The minimum absolute atomic E-state index is 0.227. The lowest BCUT2D eigenvalue weighted by Crippen LogP contribution is -2.18. The predicted molar refractivity (Wildman–Crippen MR) is 106 cm³/mol. The number of nitrogens with one attached hydrogen (secondary N) is 1. The van der Waals surface area contributed by atoms with Crippen LogP contribution in [0, 0.1) is 13.8 Å². The van der Waals surface area contributed by atoms with Gasteiger partial charge in [0.1, 0.15) is 5.00 Å². The van der Waals surface area contributed by atoms with Crippen LogP contribution in [0.3, 0.4) is 0 Å². The van der Waals surface area contributed by atoms with E-state index in [-0.39, 0.29) is 18.3 Å². The molecular weight excluding hydrogens is 362 g/mol. The van der Waals surface area contributed by atoms with Crippen molar-refractivity contribution < 1.29 is 19.1 Å². The van der Waals surface area contributed by atoms with E-state index in [9.17, 15) is 14.4 Å². The molecule has 1 N–H and O–H groups in total. The Morgan fingerprint density at radius 1 is 1.15 bits per heavy atom. The second-order valence-electron chi connectivity index (χ2n) is 6.91. The smallest absolute Gasteiger partial charge is 0.341 e. The fourth-order valence-electron chi connectivity index (χ4n) is 3.35. The monoisotopic (exact) mass is 385 g/mol. The number of carbonyl (C=O) groups is 3. The van der Waals surface area contributed by atoms with E-state index in [1.807, 2.05) is 26.0 Å². The van der Waals surface area contributed by atoms with Gasteiger partial charge in [-0.15, -0.1) is 11.3 Å². The largest absolute Gasteiger partial charge is 0.454 e. The predicted octanol–water partition coefficient (Wildman–Crippen LogP) is 4.24. The first-order chi connectivity index (χ1) is 12.9. The molecule has 1 aromatic heterocycles. The molecule has 0 atom stereocenters. The Morgan fingerprint density at radius 2 is 1.89 bits per heavy atom. The van der Waals surface area contributed by atoms with E-state index in [1.54, 1.807) is 6.07 Å². The Hall–Kier alpha value is -2.47. The Morgan fingerprint density at radius 3 is 2.63 bits per heavy atom. The first kappa shape index (κ1) is 19.3. The molecule has 0 saturated carbocycles. The number of thiophene rings is 1. The second-order valence-corrected chi connectivity index (χ2v) is 8.02. The van der Waals surface area contributed by atoms with Gasteiger partial charge in [0, 0.05) is 17.4 Å². The molecule has 0 fully saturated rings. The standard InChI is InChI=1S/C21H23NO4S/c1-12-8-9-13(2)16(10-12)17(24)11-26-21(25)19-15-6-4-5-7-18(15)27-20(19)22-14(3)23/h8-10H,4-7,11H2,1-3H3,(H,22,23). The third-order valence-electron chi connectivity index (χ3n) is 4.69. The summed E-state index contributed by atoms with van der Waals surface area (Å²) in [6.45, 7) is 4.88. The Balaban J connectivity index is 1.79. The highest BCUT2D eigenvalue weighted by Crippen LogP contribution is 2.38. The van der Waals surface area contributed by atoms with Gasteiger partial charge in [-0.25, -0.2) is 4.79 Å². The molecular formula is C21H23NO4S. The molecule has 142 valence electrons. The van der Waals surface area contributed by atoms with Gasteiger partial charge < -0.3 is 10.1 Å². The molecule has 0 spiro atoms. The van der Waals surface area contributed by atoms with Crippen LogP contribution in [0.1, 0.15) is 62.0 Å². The van der Waals surface area contributed by atoms with Gasteiger partial charge >= 0.3 is 5.97 Å². The van der Waals surface area contributed by atoms with Crippen molar-refractivity contribution in [2.24, 2.45) is 0 Å². The molecule has 0 bridgehead atoms. The van der Waals surface area contributed by atoms with E-state index in [4.69, 9.17) is 4.74 Å². The molecule has 3 rings (SSSR count). The highest BCUT2D eigenvalue weighted by atomic mass is 32.1. The maximum atomic E-state index is 12.7. The van der Waals surface area contributed by atoms with E-state index in [0.717, 1.165) is 47.3 Å². The summed E-state index contributed by atoms with van der Waals surface area (Å²) in [5, 5.41) is 3.27. The normalized spacial score (nSPS) is 13.0. The zero-order valence-corrected chi connectivity index (χ0v) is 16.6. The fourth-order valence-corrected chi connectivity index (χ4v) is 4.67. The van der Waals surface area contributed by atoms with Crippen molar-refractivity contribution in [1.82, 2.24) is 0 Å². The van der Waals surface area contributed by atoms with E-state index in [2.05, 4.69) is 5.32 Å². The zero-order chi connectivity index (χ0) is 19.6. The summed E-state index contributed by atoms with van der Waals surface area (Å²) in [6.07, 6.45) is 3.78. The molecule has 1 heterocycles. The lowest BCUT2D eigenvalue weighted by atomic mass is 9.95. The van der Waals surface area contributed by atoms with Gasteiger partial charge in [-0.3, -0.25) is 9.59 Å². The van der Waals surface area contributed by atoms with Crippen LogP contribution in [-0.2, 0) is 22.4 Å². The Bertz CT molecular complexity index is 913. The van der Waals surface area contributed by atoms with Crippen LogP contribution in [0.4, 0.5) is 5.00 Å². The van der Waals surface area contributed by atoms with Gasteiger partial charge in [-0.1, -0.05) is 17.7 Å². The van der Waals surface area contributed by atoms with E-state index in [0.29, 0.717) is 16.1 Å². The minimum atomic E-state index is -0.545. The summed E-state index contributed by atoms with van der Waals surface area (Å²) in [5.41, 5.74) is 3.78. The Labute approximate surface area is 162 Å². The molecule has 0 radical (unpaired) electrons. The maximum Gasteiger partial charge on any atom is 0.341 e. The lowest BCUT2D eigenvalue weighted by Gasteiger charge is -2.13. The zero-order valence-electron chi connectivity index (χ0n) is 15.8. The molecule has 1 aromatic carbocycles. The number of amides is 1. The van der Waals surface area contributed by atoms with Gasteiger partial charge in [0.05, 0.1) is 5.56 Å². The average Bonchev–Trinajstić information content (AvgIpc) is 2.98. The quantitative estimate of drug-likeness (QED) is 0.617. The number of carbonyl (C=O) groups excluding carboxylic acids is 3. The van der Waals surface area contributed by atoms with Gasteiger partial charge in [-0.2, -0.15) is 0 Å². The fraction of sp³-hybridized carbons (Fsp3) is 0.381. The van der Waals surface area contributed by atoms with Crippen molar-refractivity contribution in [1.29, 1.82) is 0 Å². The number of esters is 1. The molecule has 1 aliphatic rings. The summed E-state index contributed by atoms with van der Waals surface area (Å²) >= 11 is 1.44. The lowest BCUT2D eigenvalue weighted by molar-refractivity contribution is -0.114. The summed E-state index contributed by atoms with van der Waals surface area (Å²) < 4.78 is 5.35. The molecule has 0 unspecified atom stereocenters. The molecule has 1 amide bonds. The molecule has 0 saturated heterocycles. The van der Waals surface area contributed by atoms with Crippen molar-refractivity contribution in [2.45, 2.75) is 46.5 Å². The van der Waals surface area contributed by atoms with Crippen LogP contribution in [0.15, 0.2) is 18.2 Å². The molecule has 27 heavy (non-hydrogen) atoms. The number of ketones is 1. The van der Waals surface area contributed by atoms with Gasteiger partial charge in [-0.05, 0) is 56.7 Å². The topological polar surface area (TPSA) is 72.5 Å². The van der Waals surface area contributed by atoms with Gasteiger partial charge in [0.2, 0.25) is 11.7 Å². The number of hydrogen-bond acceptors (Lipinski definition) is 5. The van der Waals surface area contributed by atoms with Gasteiger partial charge in [0.25, 0.3) is 0 Å². The van der Waals surface area contributed by atoms with Crippen LogP contribution in [0.5, 0.6) is 0 Å². The highest BCUT2D eigenvalue weighted by Gasteiger charge is 2.27. The second kappa shape index (κ2) is 8.05. The summed E-state index contributed by atoms with van der Waals surface area (Å²) in [6, 6.07) is 5.63. The Kier molecular flexibility index (Phi) is 5.75. The van der Waals surface area contributed by atoms with Crippen molar-refractivity contribution in [3.8, 4) is 0 Å². The SMILES string of the molecule is CC(=O)Nc1sc2c(c1C(=O)OCC(=O)c1cc(C)ccc1C)CCCC2.